The maximum atomic E-state index is 6.54. The third kappa shape index (κ3) is 5.89. The van der Waals surface area contributed by atoms with Gasteiger partial charge in [0.05, 0.1) is 6.61 Å². The van der Waals surface area contributed by atoms with Gasteiger partial charge in [-0.1, -0.05) is 49.4 Å². The third-order valence-corrected chi connectivity index (χ3v) is 4.53. The van der Waals surface area contributed by atoms with Crippen LogP contribution in [0.5, 0.6) is 0 Å². The molecule has 0 saturated carbocycles. The molecule has 25 heavy (non-hydrogen) atoms. The number of hydrogen-bond donors (Lipinski definition) is 0. The van der Waals surface area contributed by atoms with Crippen molar-refractivity contribution in [2.45, 2.75) is 46.0 Å². The molecular weight excluding hydrogens is 330 g/mol. The van der Waals surface area contributed by atoms with E-state index in [4.69, 9.17) is 21.3 Å². The van der Waals surface area contributed by atoms with Gasteiger partial charge in [0.15, 0.2) is 0 Å². The lowest BCUT2D eigenvalue weighted by Gasteiger charge is -2.17. The van der Waals surface area contributed by atoms with E-state index in [-0.39, 0.29) is 0 Å². The van der Waals surface area contributed by atoms with Gasteiger partial charge in [0, 0.05) is 29.3 Å². The first-order valence-electron chi connectivity index (χ1n) is 9.08. The van der Waals surface area contributed by atoms with E-state index in [2.05, 4.69) is 44.7 Å². The van der Waals surface area contributed by atoms with E-state index in [1.807, 2.05) is 12.1 Å². The van der Waals surface area contributed by atoms with Crippen molar-refractivity contribution >= 4 is 23.1 Å². The molecule has 0 radical (unpaired) electrons. The van der Waals surface area contributed by atoms with Crippen LogP contribution in [0.3, 0.4) is 0 Å². The van der Waals surface area contributed by atoms with Crippen LogP contribution in [0, 0.1) is 6.92 Å². The fourth-order valence-corrected chi connectivity index (χ4v) is 3.10. The molecule has 0 aromatic heterocycles. The van der Waals surface area contributed by atoms with Crippen molar-refractivity contribution in [3.63, 3.8) is 0 Å². The minimum Gasteiger partial charge on any atom is -0.493 e. The maximum Gasteiger partial charge on any atom is 0.119 e. The molecule has 0 amide bonds. The standard InChI is InChI=1S/C22H28ClNO/c1-4-14-24-19-11-9-7-5-6-8-10-15-25-18(3)22-17(2)12-13-21(23)20(22)16-19/h6,8-9,11-13H,3-5,7,10,14-16H2,1-2H3/b8-6+,11-9+,24-19?. The summed E-state index contributed by atoms with van der Waals surface area (Å²) < 4.78 is 5.90. The van der Waals surface area contributed by atoms with Crippen LogP contribution in [0.25, 0.3) is 5.76 Å². The number of allylic oxidation sites excluding steroid dienone is 3. The second-order valence-electron chi connectivity index (χ2n) is 6.28. The molecule has 0 aliphatic carbocycles. The monoisotopic (exact) mass is 357 g/mol. The highest BCUT2D eigenvalue weighted by atomic mass is 35.5. The summed E-state index contributed by atoms with van der Waals surface area (Å²) in [7, 11) is 0. The highest BCUT2D eigenvalue weighted by molar-refractivity contribution is 6.32. The van der Waals surface area contributed by atoms with Crippen LogP contribution in [0.1, 0.15) is 49.3 Å². The zero-order valence-electron chi connectivity index (χ0n) is 15.4. The molecule has 1 heterocycles. The molecule has 0 atom stereocenters. The largest absolute Gasteiger partial charge is 0.493 e. The molecule has 1 aliphatic heterocycles. The van der Waals surface area contributed by atoms with E-state index >= 15 is 0 Å². The molecule has 3 heteroatoms. The lowest BCUT2D eigenvalue weighted by atomic mass is 9.96. The molecular formula is C22H28ClNO. The Bertz CT molecular complexity index is 686. The summed E-state index contributed by atoms with van der Waals surface area (Å²) >= 11 is 6.54. The fraction of sp³-hybridized carbons (Fsp3) is 0.409. The van der Waals surface area contributed by atoms with Gasteiger partial charge >= 0.3 is 0 Å². The number of benzene rings is 1. The Hall–Kier alpha value is -1.80. The molecule has 1 aromatic carbocycles. The van der Waals surface area contributed by atoms with Crippen molar-refractivity contribution in [1.29, 1.82) is 0 Å². The fourth-order valence-electron chi connectivity index (χ4n) is 2.87. The Morgan fingerprint density at radius 3 is 2.72 bits per heavy atom. The summed E-state index contributed by atoms with van der Waals surface area (Å²) in [6, 6.07) is 3.98. The summed E-state index contributed by atoms with van der Waals surface area (Å²) in [6.07, 6.45) is 13.4. The van der Waals surface area contributed by atoms with E-state index in [0.29, 0.717) is 18.8 Å². The lowest BCUT2D eigenvalue weighted by Crippen LogP contribution is -2.08. The van der Waals surface area contributed by atoms with Crippen molar-refractivity contribution in [1.82, 2.24) is 0 Å². The second-order valence-corrected chi connectivity index (χ2v) is 6.69. The van der Waals surface area contributed by atoms with Gasteiger partial charge in [0.2, 0.25) is 0 Å². The number of ether oxygens (including phenoxy) is 1. The topological polar surface area (TPSA) is 21.6 Å². The Kier molecular flexibility index (Phi) is 8.00. The van der Waals surface area contributed by atoms with Gasteiger partial charge in [-0.3, -0.25) is 4.99 Å². The molecule has 0 unspecified atom stereocenters. The first kappa shape index (κ1) is 19.5. The van der Waals surface area contributed by atoms with Gasteiger partial charge in [-0.15, -0.1) is 0 Å². The van der Waals surface area contributed by atoms with E-state index in [0.717, 1.165) is 59.7 Å². The molecule has 0 bridgehead atoms. The van der Waals surface area contributed by atoms with Gasteiger partial charge in [-0.2, -0.15) is 0 Å². The highest BCUT2D eigenvalue weighted by Gasteiger charge is 2.15. The van der Waals surface area contributed by atoms with Gasteiger partial charge in [-0.25, -0.2) is 0 Å². The van der Waals surface area contributed by atoms with Crippen molar-refractivity contribution in [3.8, 4) is 0 Å². The summed E-state index contributed by atoms with van der Waals surface area (Å²) in [6.45, 7) is 9.83. The van der Waals surface area contributed by atoms with Crippen molar-refractivity contribution < 1.29 is 4.74 Å². The van der Waals surface area contributed by atoms with Crippen LogP contribution in [0.2, 0.25) is 5.02 Å². The average Bonchev–Trinajstić information content (AvgIpc) is 2.60. The van der Waals surface area contributed by atoms with E-state index in [1.54, 1.807) is 0 Å². The number of halogens is 1. The highest BCUT2D eigenvalue weighted by Crippen LogP contribution is 2.30. The molecule has 0 N–H and O–H groups in total. The molecule has 0 saturated heterocycles. The Morgan fingerprint density at radius 1 is 1.16 bits per heavy atom. The predicted molar refractivity (Wildman–Crippen MR) is 110 cm³/mol. The second kappa shape index (κ2) is 10.2. The van der Waals surface area contributed by atoms with Crippen molar-refractivity contribution in [2.75, 3.05) is 13.2 Å². The van der Waals surface area contributed by atoms with Gasteiger partial charge in [-0.05, 0) is 55.9 Å². The van der Waals surface area contributed by atoms with Crippen LogP contribution in [-0.2, 0) is 11.2 Å². The summed E-state index contributed by atoms with van der Waals surface area (Å²) in [5.74, 6) is 0.694. The van der Waals surface area contributed by atoms with Crippen LogP contribution in [-0.4, -0.2) is 18.9 Å². The van der Waals surface area contributed by atoms with E-state index in [1.165, 1.54) is 0 Å². The van der Waals surface area contributed by atoms with E-state index < -0.39 is 0 Å². The molecule has 1 aromatic rings. The number of nitrogens with zero attached hydrogens (tertiary/aromatic N) is 1. The zero-order valence-corrected chi connectivity index (χ0v) is 16.1. The molecule has 1 aliphatic rings. The third-order valence-electron chi connectivity index (χ3n) is 4.18. The van der Waals surface area contributed by atoms with Gasteiger partial charge < -0.3 is 4.74 Å². The smallest absolute Gasteiger partial charge is 0.119 e. The minimum absolute atomic E-state index is 0.632. The molecule has 0 spiro atoms. The first-order valence-corrected chi connectivity index (χ1v) is 9.46. The van der Waals surface area contributed by atoms with Crippen LogP contribution in [0.15, 0.2) is 48.0 Å². The zero-order chi connectivity index (χ0) is 18.1. The average molecular weight is 358 g/mol. The summed E-state index contributed by atoms with van der Waals surface area (Å²) in [5.41, 5.74) is 4.26. The molecule has 134 valence electrons. The van der Waals surface area contributed by atoms with Crippen molar-refractivity contribution in [3.05, 3.63) is 64.7 Å². The molecule has 2 rings (SSSR count). The molecule has 2 nitrogen and oxygen atoms in total. The van der Waals surface area contributed by atoms with Crippen LogP contribution < -0.4 is 0 Å². The minimum atomic E-state index is 0.632. The SMILES string of the molecule is C=C1OCC/C=C/CC/C=C/C(=NCCC)Cc2c(Cl)ccc(C)c21. The van der Waals surface area contributed by atoms with Gasteiger partial charge in [0.1, 0.15) is 5.76 Å². The Labute approximate surface area is 157 Å². The summed E-state index contributed by atoms with van der Waals surface area (Å²) in [4.78, 5) is 4.75. The number of aliphatic imine (C=N–C) groups is 1. The quantitative estimate of drug-likeness (QED) is 0.567. The number of hydrogen-bond acceptors (Lipinski definition) is 2. The first-order chi connectivity index (χ1) is 12.1. The van der Waals surface area contributed by atoms with E-state index in [9.17, 15) is 0 Å². The van der Waals surface area contributed by atoms with Crippen LogP contribution >= 0.6 is 11.6 Å². The molecule has 0 fully saturated rings. The van der Waals surface area contributed by atoms with Crippen LogP contribution in [0.4, 0.5) is 0 Å². The maximum absolute atomic E-state index is 6.54. The summed E-state index contributed by atoms with van der Waals surface area (Å²) in [5, 5.41) is 0.745. The number of rotatable bonds is 2. The normalized spacial score (nSPS) is 20.4. The number of fused-ring (bicyclic) bond motifs is 1. The predicted octanol–water partition coefficient (Wildman–Crippen LogP) is 6.33. The Balaban J connectivity index is 2.44. The van der Waals surface area contributed by atoms with Gasteiger partial charge in [0.25, 0.3) is 0 Å². The number of aryl methyl sites for hydroxylation is 1. The Morgan fingerprint density at radius 2 is 1.92 bits per heavy atom. The lowest BCUT2D eigenvalue weighted by molar-refractivity contribution is 0.284. The van der Waals surface area contributed by atoms with Crippen molar-refractivity contribution in [2.24, 2.45) is 4.99 Å².